The van der Waals surface area contributed by atoms with E-state index >= 15 is 0 Å². The Kier molecular flexibility index (Phi) is 6.38. The van der Waals surface area contributed by atoms with Crippen LogP contribution in [0.3, 0.4) is 0 Å². The molecule has 1 N–H and O–H groups in total. The van der Waals surface area contributed by atoms with Gasteiger partial charge in [-0.3, -0.25) is 4.79 Å². The molecule has 3 aromatic carbocycles. The van der Waals surface area contributed by atoms with Crippen molar-refractivity contribution in [1.82, 2.24) is 0 Å². The van der Waals surface area contributed by atoms with E-state index in [-0.39, 0.29) is 5.78 Å². The molecule has 1 aliphatic rings. The summed E-state index contributed by atoms with van der Waals surface area (Å²) in [6.45, 7) is 1.78. The summed E-state index contributed by atoms with van der Waals surface area (Å²) in [5, 5.41) is 10.5. The molecule has 1 unspecified atom stereocenters. The molecule has 2 nitrogen and oxygen atoms in total. The second kappa shape index (κ2) is 8.94. The van der Waals surface area contributed by atoms with Gasteiger partial charge < -0.3 is 5.11 Å². The molecule has 27 heavy (non-hydrogen) atoms. The minimum atomic E-state index is -0.751. The van der Waals surface area contributed by atoms with E-state index in [1.807, 2.05) is 91.0 Å². The third-order valence-corrected chi connectivity index (χ3v) is 5.11. The molecule has 0 fully saturated rings. The van der Waals surface area contributed by atoms with Gasteiger partial charge in [0.05, 0.1) is 6.10 Å². The number of allylic oxidation sites excluding steroid dienone is 1. The van der Waals surface area contributed by atoms with E-state index in [2.05, 4.69) is 15.9 Å². The molecular weight excluding hydrogens is 400 g/mol. The van der Waals surface area contributed by atoms with Gasteiger partial charge >= 0.3 is 0 Å². The highest BCUT2D eigenvalue weighted by Gasteiger charge is 2.38. The Hall–Kier alpha value is -2.49. The number of halogens is 1. The number of carbonyl (C=O) groups is 1. The first-order valence-corrected chi connectivity index (χ1v) is 9.66. The van der Waals surface area contributed by atoms with Crippen LogP contribution in [0.2, 0.25) is 0 Å². The van der Waals surface area contributed by atoms with Gasteiger partial charge in [-0.1, -0.05) is 102 Å². The molecule has 0 spiro atoms. The van der Waals surface area contributed by atoms with Crippen molar-refractivity contribution in [2.24, 2.45) is 5.92 Å². The van der Waals surface area contributed by atoms with Crippen LogP contribution in [0.4, 0.5) is 0 Å². The highest BCUT2D eigenvalue weighted by molar-refractivity contribution is 9.10. The summed E-state index contributed by atoms with van der Waals surface area (Å²) < 4.78 is 0.965. The largest absolute Gasteiger partial charge is 0.388 e. The molecule has 136 valence electrons. The summed E-state index contributed by atoms with van der Waals surface area (Å²) in [4.78, 5) is 12.6. The fourth-order valence-electron chi connectivity index (χ4n) is 3.13. The summed E-state index contributed by atoms with van der Waals surface area (Å²) in [5.74, 6) is -0.400. The summed E-state index contributed by atoms with van der Waals surface area (Å²) in [6.07, 6.45) is -0.751. The number of benzene rings is 3. The zero-order valence-corrected chi connectivity index (χ0v) is 16.6. The van der Waals surface area contributed by atoms with Crippen molar-refractivity contribution in [3.8, 4) is 0 Å². The molecule has 1 aliphatic carbocycles. The molecule has 0 aromatic heterocycles. The van der Waals surface area contributed by atoms with Gasteiger partial charge in [-0.2, -0.15) is 0 Å². The Morgan fingerprint density at radius 2 is 1.22 bits per heavy atom. The lowest BCUT2D eigenvalue weighted by atomic mass is 9.96. The topological polar surface area (TPSA) is 37.3 Å². The highest BCUT2D eigenvalue weighted by atomic mass is 79.9. The summed E-state index contributed by atoms with van der Waals surface area (Å²) >= 11 is 3.40. The number of Topliss-reactive ketones (excluding diaryl/α,β-unsaturated/α-hetero) is 1. The predicted octanol–water partition coefficient (Wildman–Crippen LogP) is 5.63. The number of ketones is 1. The fourth-order valence-corrected chi connectivity index (χ4v) is 3.40. The van der Waals surface area contributed by atoms with E-state index in [4.69, 9.17) is 0 Å². The first-order valence-electron chi connectivity index (χ1n) is 8.87. The molecule has 4 rings (SSSR count). The zero-order chi connectivity index (χ0) is 19.2. The molecule has 0 saturated heterocycles. The number of aliphatic hydroxyl groups is 1. The molecule has 0 aliphatic heterocycles. The molecule has 2 atom stereocenters. The smallest absolute Gasteiger partial charge is 0.169 e. The van der Waals surface area contributed by atoms with E-state index in [0.717, 1.165) is 21.2 Å². The van der Waals surface area contributed by atoms with Crippen LogP contribution >= 0.6 is 15.9 Å². The SMILES string of the molecule is CC1C(=O)C(c2ccc(Br)cc2)=C(c2ccccc2)[C@@H]1O.c1ccccc1. The first kappa shape index (κ1) is 19.3. The quantitative estimate of drug-likeness (QED) is 0.583. The Morgan fingerprint density at radius 1 is 0.741 bits per heavy atom. The van der Waals surface area contributed by atoms with E-state index in [1.54, 1.807) is 6.92 Å². The average molecular weight is 421 g/mol. The van der Waals surface area contributed by atoms with Gasteiger partial charge in [-0.15, -0.1) is 0 Å². The van der Waals surface area contributed by atoms with Gasteiger partial charge in [0.1, 0.15) is 0 Å². The van der Waals surface area contributed by atoms with E-state index < -0.39 is 12.0 Å². The van der Waals surface area contributed by atoms with Crippen molar-refractivity contribution < 1.29 is 9.90 Å². The van der Waals surface area contributed by atoms with Crippen LogP contribution in [0.5, 0.6) is 0 Å². The van der Waals surface area contributed by atoms with Crippen LogP contribution in [-0.4, -0.2) is 17.0 Å². The van der Waals surface area contributed by atoms with Crippen molar-refractivity contribution in [2.75, 3.05) is 0 Å². The van der Waals surface area contributed by atoms with E-state index in [1.165, 1.54) is 0 Å². The van der Waals surface area contributed by atoms with E-state index in [9.17, 15) is 9.90 Å². The molecule has 3 aromatic rings. The summed E-state index contributed by atoms with van der Waals surface area (Å²) in [5.41, 5.74) is 3.12. The van der Waals surface area contributed by atoms with Crippen molar-refractivity contribution in [2.45, 2.75) is 13.0 Å². The zero-order valence-electron chi connectivity index (χ0n) is 15.0. The van der Waals surface area contributed by atoms with Crippen LogP contribution in [0.25, 0.3) is 11.1 Å². The number of carbonyl (C=O) groups excluding carboxylic acids is 1. The third kappa shape index (κ3) is 4.44. The monoisotopic (exact) mass is 420 g/mol. The lowest BCUT2D eigenvalue weighted by Gasteiger charge is -2.12. The first-order chi connectivity index (χ1) is 13.1. The summed E-state index contributed by atoms with van der Waals surface area (Å²) in [6, 6.07) is 29.3. The van der Waals surface area contributed by atoms with Crippen molar-refractivity contribution in [3.63, 3.8) is 0 Å². The molecule has 3 heteroatoms. The van der Waals surface area contributed by atoms with E-state index in [0.29, 0.717) is 5.57 Å². The minimum Gasteiger partial charge on any atom is -0.388 e. The number of aliphatic hydroxyl groups excluding tert-OH is 1. The summed E-state index contributed by atoms with van der Waals surface area (Å²) in [7, 11) is 0. The Morgan fingerprint density at radius 3 is 1.74 bits per heavy atom. The van der Waals surface area contributed by atoms with Crippen molar-refractivity contribution >= 4 is 32.9 Å². The second-order valence-electron chi connectivity index (χ2n) is 6.41. The molecule has 0 heterocycles. The normalized spacial score (nSPS) is 18.9. The molecule has 0 bridgehead atoms. The van der Waals surface area contributed by atoms with Gasteiger partial charge in [-0.05, 0) is 28.8 Å². The van der Waals surface area contributed by atoms with Crippen molar-refractivity contribution in [1.29, 1.82) is 0 Å². The van der Waals surface area contributed by atoms with Gasteiger partial charge in [0.15, 0.2) is 5.78 Å². The predicted molar refractivity (Wildman–Crippen MR) is 114 cm³/mol. The van der Waals surface area contributed by atoms with Crippen molar-refractivity contribution in [3.05, 3.63) is 107 Å². The number of hydrogen-bond donors (Lipinski definition) is 1. The standard InChI is InChI=1S/C18H15BrO2.C6H6/c1-11-17(20)15(12-5-3-2-4-6-12)16(18(11)21)13-7-9-14(19)10-8-13;1-2-4-6-5-3-1/h2-11,17,20H,1H3;1-6H/t11?,17-;/m1./s1. The Bertz CT molecular complexity index is 889. The minimum absolute atomic E-state index is 0.00340. The fraction of sp³-hybridized carbons (Fsp3) is 0.125. The maximum atomic E-state index is 12.6. The Labute approximate surface area is 168 Å². The Balaban J connectivity index is 0.000000299. The highest BCUT2D eigenvalue weighted by Crippen LogP contribution is 2.40. The average Bonchev–Trinajstić information content (AvgIpc) is 2.95. The number of rotatable bonds is 2. The third-order valence-electron chi connectivity index (χ3n) is 4.58. The van der Waals surface area contributed by atoms with Crippen LogP contribution in [0, 0.1) is 5.92 Å². The van der Waals surface area contributed by atoms with Crippen LogP contribution in [-0.2, 0) is 4.79 Å². The van der Waals surface area contributed by atoms with Gasteiger partial charge in [0, 0.05) is 16.0 Å². The van der Waals surface area contributed by atoms with Crippen LogP contribution in [0.1, 0.15) is 18.1 Å². The second-order valence-corrected chi connectivity index (χ2v) is 7.33. The number of hydrogen-bond acceptors (Lipinski definition) is 2. The molecule has 0 radical (unpaired) electrons. The van der Waals surface area contributed by atoms with Gasteiger partial charge in [0.25, 0.3) is 0 Å². The molecule has 0 saturated carbocycles. The molecular formula is C24H21BrO2. The van der Waals surface area contributed by atoms with Gasteiger partial charge in [0.2, 0.25) is 0 Å². The van der Waals surface area contributed by atoms with Crippen LogP contribution in [0.15, 0.2) is 95.5 Å². The lowest BCUT2D eigenvalue weighted by molar-refractivity contribution is -0.117. The maximum absolute atomic E-state index is 12.6. The lowest BCUT2D eigenvalue weighted by Crippen LogP contribution is -2.18. The van der Waals surface area contributed by atoms with Gasteiger partial charge in [-0.25, -0.2) is 0 Å². The van der Waals surface area contributed by atoms with Crippen LogP contribution < -0.4 is 0 Å². The maximum Gasteiger partial charge on any atom is 0.169 e. The molecule has 0 amide bonds.